The van der Waals surface area contributed by atoms with Gasteiger partial charge in [0.15, 0.2) is 17.7 Å². The average Bonchev–Trinajstić information content (AvgIpc) is 2.71. The molecule has 1 aromatic heterocycles. The number of rotatable bonds is 3. The number of oxazole rings is 1. The summed E-state index contributed by atoms with van der Waals surface area (Å²) in [5.74, 6) is 1.40. The van der Waals surface area contributed by atoms with E-state index in [1.54, 1.807) is 0 Å². The van der Waals surface area contributed by atoms with E-state index < -0.39 is 0 Å². The molecule has 2 aromatic rings. The summed E-state index contributed by atoms with van der Waals surface area (Å²) in [7, 11) is 0. The first-order valence-electron chi connectivity index (χ1n) is 5.44. The van der Waals surface area contributed by atoms with Crippen molar-refractivity contribution in [3.8, 4) is 5.75 Å². The van der Waals surface area contributed by atoms with Crippen LogP contribution in [-0.4, -0.2) is 11.6 Å². The van der Waals surface area contributed by atoms with E-state index in [0.29, 0.717) is 5.92 Å². The zero-order chi connectivity index (χ0) is 11.0. The SMILES string of the molecule is C=C1CC(COc2cccc3ncoc23)C1. The summed E-state index contributed by atoms with van der Waals surface area (Å²) in [6, 6.07) is 5.76. The van der Waals surface area contributed by atoms with Crippen LogP contribution in [0.5, 0.6) is 5.75 Å². The topological polar surface area (TPSA) is 35.3 Å². The van der Waals surface area contributed by atoms with Crippen molar-refractivity contribution in [1.29, 1.82) is 0 Å². The quantitative estimate of drug-likeness (QED) is 0.737. The molecule has 82 valence electrons. The van der Waals surface area contributed by atoms with Crippen molar-refractivity contribution in [2.24, 2.45) is 5.92 Å². The van der Waals surface area contributed by atoms with Crippen LogP contribution in [0.3, 0.4) is 0 Å². The lowest BCUT2D eigenvalue weighted by Gasteiger charge is -2.27. The fourth-order valence-electron chi connectivity index (χ4n) is 2.06. The van der Waals surface area contributed by atoms with Gasteiger partial charge in [0.2, 0.25) is 0 Å². The van der Waals surface area contributed by atoms with Crippen molar-refractivity contribution in [3.05, 3.63) is 36.7 Å². The Morgan fingerprint density at radius 2 is 2.31 bits per heavy atom. The van der Waals surface area contributed by atoms with Gasteiger partial charge in [0.25, 0.3) is 0 Å². The number of benzene rings is 1. The highest BCUT2D eigenvalue weighted by atomic mass is 16.5. The predicted octanol–water partition coefficient (Wildman–Crippen LogP) is 3.17. The Kier molecular flexibility index (Phi) is 2.17. The molecule has 0 atom stereocenters. The predicted molar refractivity (Wildman–Crippen MR) is 61.4 cm³/mol. The van der Waals surface area contributed by atoms with E-state index in [9.17, 15) is 0 Å². The van der Waals surface area contributed by atoms with Gasteiger partial charge in [-0.1, -0.05) is 18.2 Å². The minimum Gasteiger partial charge on any atom is -0.489 e. The van der Waals surface area contributed by atoms with Crippen molar-refractivity contribution in [1.82, 2.24) is 4.98 Å². The molecule has 1 saturated carbocycles. The second-order valence-corrected chi connectivity index (χ2v) is 4.29. The van der Waals surface area contributed by atoms with Gasteiger partial charge in [-0.3, -0.25) is 0 Å². The highest BCUT2D eigenvalue weighted by Crippen LogP contribution is 2.33. The van der Waals surface area contributed by atoms with Gasteiger partial charge in [0, 0.05) is 5.92 Å². The molecule has 0 radical (unpaired) electrons. The summed E-state index contributed by atoms with van der Waals surface area (Å²) in [4.78, 5) is 4.09. The Balaban J connectivity index is 1.73. The third-order valence-corrected chi connectivity index (χ3v) is 2.95. The fraction of sp³-hybridized carbons (Fsp3) is 0.308. The van der Waals surface area contributed by atoms with Crippen molar-refractivity contribution in [2.75, 3.05) is 6.61 Å². The molecule has 3 rings (SSSR count). The molecule has 0 aliphatic heterocycles. The van der Waals surface area contributed by atoms with E-state index in [-0.39, 0.29) is 0 Å². The lowest BCUT2D eigenvalue weighted by Crippen LogP contribution is -2.21. The molecule has 1 fully saturated rings. The smallest absolute Gasteiger partial charge is 0.196 e. The largest absolute Gasteiger partial charge is 0.489 e. The van der Waals surface area contributed by atoms with Gasteiger partial charge >= 0.3 is 0 Å². The standard InChI is InChI=1S/C13H13NO2/c1-9-5-10(6-9)7-15-12-4-2-3-11-13(12)16-8-14-11/h2-4,8,10H,1,5-7H2. The van der Waals surface area contributed by atoms with Crippen molar-refractivity contribution < 1.29 is 9.15 Å². The van der Waals surface area contributed by atoms with Crippen molar-refractivity contribution >= 4 is 11.1 Å². The Bertz CT molecular complexity index is 521. The molecule has 16 heavy (non-hydrogen) atoms. The molecular weight excluding hydrogens is 202 g/mol. The maximum Gasteiger partial charge on any atom is 0.196 e. The van der Waals surface area contributed by atoms with Crippen LogP contribution in [0.25, 0.3) is 11.1 Å². The van der Waals surface area contributed by atoms with Crippen LogP contribution < -0.4 is 4.74 Å². The van der Waals surface area contributed by atoms with E-state index >= 15 is 0 Å². The summed E-state index contributed by atoms with van der Waals surface area (Å²) in [6.07, 6.45) is 3.63. The summed E-state index contributed by atoms with van der Waals surface area (Å²) in [6.45, 7) is 4.66. The third kappa shape index (κ3) is 1.58. The summed E-state index contributed by atoms with van der Waals surface area (Å²) >= 11 is 0. The first-order chi connectivity index (χ1) is 7.83. The van der Waals surface area contributed by atoms with E-state index in [0.717, 1.165) is 36.3 Å². The van der Waals surface area contributed by atoms with Crippen LogP contribution in [0.15, 0.2) is 41.2 Å². The maximum absolute atomic E-state index is 5.76. The highest BCUT2D eigenvalue weighted by molar-refractivity contribution is 5.78. The van der Waals surface area contributed by atoms with E-state index in [1.807, 2.05) is 18.2 Å². The number of hydrogen-bond acceptors (Lipinski definition) is 3. The van der Waals surface area contributed by atoms with Gasteiger partial charge in [0.1, 0.15) is 5.52 Å². The van der Waals surface area contributed by atoms with Crippen LogP contribution >= 0.6 is 0 Å². The second-order valence-electron chi connectivity index (χ2n) is 4.29. The number of allylic oxidation sites excluding steroid dienone is 1. The lowest BCUT2D eigenvalue weighted by atomic mass is 9.82. The average molecular weight is 215 g/mol. The van der Waals surface area contributed by atoms with Gasteiger partial charge in [-0.05, 0) is 25.0 Å². The zero-order valence-electron chi connectivity index (χ0n) is 8.98. The molecule has 0 saturated heterocycles. The Labute approximate surface area is 93.7 Å². The normalized spacial score (nSPS) is 16.4. The molecule has 0 N–H and O–H groups in total. The Morgan fingerprint density at radius 3 is 3.12 bits per heavy atom. The summed E-state index contributed by atoms with van der Waals surface area (Å²) in [5, 5.41) is 0. The number of aromatic nitrogens is 1. The van der Waals surface area contributed by atoms with E-state index in [4.69, 9.17) is 9.15 Å². The molecule has 3 nitrogen and oxygen atoms in total. The fourth-order valence-corrected chi connectivity index (χ4v) is 2.06. The molecule has 0 unspecified atom stereocenters. The molecule has 1 heterocycles. The molecule has 3 heteroatoms. The Morgan fingerprint density at radius 1 is 1.44 bits per heavy atom. The number of nitrogens with zero attached hydrogens (tertiary/aromatic N) is 1. The second kappa shape index (κ2) is 3.67. The van der Waals surface area contributed by atoms with Gasteiger partial charge in [0.05, 0.1) is 6.61 Å². The summed E-state index contributed by atoms with van der Waals surface area (Å²) in [5.41, 5.74) is 2.91. The molecule has 1 aliphatic rings. The lowest BCUT2D eigenvalue weighted by molar-refractivity contribution is 0.218. The van der Waals surface area contributed by atoms with Crippen LogP contribution in [0.2, 0.25) is 0 Å². The number of para-hydroxylation sites is 1. The monoisotopic (exact) mass is 215 g/mol. The first-order valence-corrected chi connectivity index (χ1v) is 5.44. The van der Waals surface area contributed by atoms with E-state index in [2.05, 4.69) is 11.6 Å². The number of hydrogen-bond donors (Lipinski definition) is 0. The number of fused-ring (bicyclic) bond motifs is 1. The molecule has 0 spiro atoms. The van der Waals surface area contributed by atoms with Gasteiger partial charge in [-0.2, -0.15) is 0 Å². The van der Waals surface area contributed by atoms with Crippen molar-refractivity contribution in [3.63, 3.8) is 0 Å². The zero-order valence-corrected chi connectivity index (χ0v) is 8.98. The Hall–Kier alpha value is -1.77. The third-order valence-electron chi connectivity index (χ3n) is 2.95. The maximum atomic E-state index is 5.76. The first kappa shape index (κ1) is 9.46. The molecular formula is C13H13NO2. The van der Waals surface area contributed by atoms with Gasteiger partial charge in [-0.15, -0.1) is 0 Å². The number of ether oxygens (including phenoxy) is 1. The van der Waals surface area contributed by atoms with Crippen LogP contribution in [0.4, 0.5) is 0 Å². The van der Waals surface area contributed by atoms with Crippen LogP contribution in [0, 0.1) is 5.92 Å². The molecule has 0 bridgehead atoms. The van der Waals surface area contributed by atoms with E-state index in [1.165, 1.54) is 12.0 Å². The molecule has 0 amide bonds. The highest BCUT2D eigenvalue weighted by Gasteiger charge is 2.22. The van der Waals surface area contributed by atoms with Crippen LogP contribution in [-0.2, 0) is 0 Å². The summed E-state index contributed by atoms with van der Waals surface area (Å²) < 4.78 is 11.1. The molecule has 1 aliphatic carbocycles. The minimum atomic E-state index is 0.616. The molecule has 1 aromatic carbocycles. The minimum absolute atomic E-state index is 0.616. The van der Waals surface area contributed by atoms with Gasteiger partial charge < -0.3 is 9.15 Å². The van der Waals surface area contributed by atoms with Gasteiger partial charge in [-0.25, -0.2) is 4.98 Å². The van der Waals surface area contributed by atoms with Crippen molar-refractivity contribution in [2.45, 2.75) is 12.8 Å². The van der Waals surface area contributed by atoms with Crippen LogP contribution in [0.1, 0.15) is 12.8 Å².